The number of benzene rings is 1. The van der Waals surface area contributed by atoms with E-state index < -0.39 is 0 Å². The van der Waals surface area contributed by atoms with Gasteiger partial charge in [-0.3, -0.25) is 4.90 Å². The summed E-state index contributed by atoms with van der Waals surface area (Å²) in [6, 6.07) is 9.06. The van der Waals surface area contributed by atoms with Crippen molar-refractivity contribution >= 4 is 17.3 Å². The lowest BCUT2D eigenvalue weighted by molar-refractivity contribution is 0.148. The molecule has 2 aliphatic rings. The standard InChI is InChI=1S/C16H23ClN2/c17-15-8-4-5-9-16(15)19-12-10-18(11-13-19)14-6-2-1-3-7-14/h4-5,8-9,14H,1-3,6-7,10-13H2. The van der Waals surface area contributed by atoms with E-state index >= 15 is 0 Å². The molecule has 0 unspecified atom stereocenters. The number of rotatable bonds is 2. The van der Waals surface area contributed by atoms with Crippen LogP contribution in [0.25, 0.3) is 0 Å². The number of piperazine rings is 1. The van der Waals surface area contributed by atoms with Crippen LogP contribution in [0.3, 0.4) is 0 Å². The highest BCUT2D eigenvalue weighted by molar-refractivity contribution is 6.33. The van der Waals surface area contributed by atoms with Crippen LogP contribution in [0.1, 0.15) is 32.1 Å². The van der Waals surface area contributed by atoms with Gasteiger partial charge in [0.1, 0.15) is 0 Å². The average molecular weight is 279 g/mol. The van der Waals surface area contributed by atoms with Crippen LogP contribution in [0.5, 0.6) is 0 Å². The highest BCUT2D eigenvalue weighted by Crippen LogP contribution is 2.28. The van der Waals surface area contributed by atoms with Crippen molar-refractivity contribution in [3.63, 3.8) is 0 Å². The quantitative estimate of drug-likeness (QED) is 0.812. The highest BCUT2D eigenvalue weighted by Gasteiger charge is 2.25. The van der Waals surface area contributed by atoms with Gasteiger partial charge in [0.05, 0.1) is 10.7 Å². The van der Waals surface area contributed by atoms with Crippen LogP contribution in [0.4, 0.5) is 5.69 Å². The van der Waals surface area contributed by atoms with Crippen molar-refractivity contribution in [3.8, 4) is 0 Å². The number of hydrogen-bond acceptors (Lipinski definition) is 2. The molecule has 2 fully saturated rings. The molecule has 0 spiro atoms. The van der Waals surface area contributed by atoms with Crippen molar-refractivity contribution in [2.75, 3.05) is 31.1 Å². The Morgan fingerprint density at radius 3 is 2.26 bits per heavy atom. The average Bonchev–Trinajstić information content (AvgIpc) is 2.49. The second kappa shape index (κ2) is 6.15. The highest BCUT2D eigenvalue weighted by atomic mass is 35.5. The largest absolute Gasteiger partial charge is 0.368 e. The Morgan fingerprint density at radius 1 is 0.895 bits per heavy atom. The lowest BCUT2D eigenvalue weighted by Gasteiger charge is -2.41. The van der Waals surface area contributed by atoms with Crippen molar-refractivity contribution in [1.29, 1.82) is 0 Å². The summed E-state index contributed by atoms with van der Waals surface area (Å²) in [6.07, 6.45) is 7.11. The Balaban J connectivity index is 1.58. The Labute approximate surface area is 121 Å². The number of hydrogen-bond donors (Lipinski definition) is 0. The van der Waals surface area contributed by atoms with Gasteiger partial charge in [-0.2, -0.15) is 0 Å². The molecule has 2 nitrogen and oxygen atoms in total. The zero-order chi connectivity index (χ0) is 13.1. The van der Waals surface area contributed by atoms with E-state index in [0.29, 0.717) is 0 Å². The topological polar surface area (TPSA) is 6.48 Å². The molecular formula is C16H23ClN2. The molecule has 0 atom stereocenters. The monoisotopic (exact) mass is 278 g/mol. The van der Waals surface area contributed by atoms with Gasteiger partial charge in [-0.05, 0) is 25.0 Å². The Morgan fingerprint density at radius 2 is 1.58 bits per heavy atom. The molecule has 0 bridgehead atoms. The first-order chi connectivity index (χ1) is 9.34. The van der Waals surface area contributed by atoms with E-state index in [1.165, 1.54) is 50.9 Å². The Bertz CT molecular complexity index is 407. The van der Waals surface area contributed by atoms with E-state index in [-0.39, 0.29) is 0 Å². The maximum absolute atomic E-state index is 6.29. The lowest BCUT2D eigenvalue weighted by atomic mass is 9.94. The number of halogens is 1. The Hall–Kier alpha value is -0.730. The summed E-state index contributed by atoms with van der Waals surface area (Å²) < 4.78 is 0. The molecule has 19 heavy (non-hydrogen) atoms. The minimum atomic E-state index is 0.849. The maximum atomic E-state index is 6.29. The lowest BCUT2D eigenvalue weighted by Crippen LogP contribution is -2.50. The fraction of sp³-hybridized carbons (Fsp3) is 0.625. The van der Waals surface area contributed by atoms with Crippen molar-refractivity contribution in [1.82, 2.24) is 4.90 Å². The minimum absolute atomic E-state index is 0.849. The van der Waals surface area contributed by atoms with E-state index in [1.807, 2.05) is 12.1 Å². The molecule has 1 heterocycles. The van der Waals surface area contributed by atoms with Crippen molar-refractivity contribution in [2.45, 2.75) is 38.1 Å². The van der Waals surface area contributed by atoms with Crippen LogP contribution >= 0.6 is 11.6 Å². The molecule has 0 aromatic heterocycles. The molecule has 1 aliphatic carbocycles. The predicted octanol–water partition coefficient (Wildman–Crippen LogP) is 3.79. The van der Waals surface area contributed by atoms with Gasteiger partial charge in [0.25, 0.3) is 0 Å². The fourth-order valence-electron chi connectivity index (χ4n) is 3.48. The van der Waals surface area contributed by atoms with Crippen LogP contribution in [-0.4, -0.2) is 37.1 Å². The van der Waals surface area contributed by atoms with Crippen LogP contribution in [0.2, 0.25) is 5.02 Å². The molecular weight excluding hydrogens is 256 g/mol. The summed E-state index contributed by atoms with van der Waals surface area (Å²) in [5.74, 6) is 0. The first-order valence-electron chi connectivity index (χ1n) is 7.58. The van der Waals surface area contributed by atoms with Gasteiger partial charge in [-0.25, -0.2) is 0 Å². The SMILES string of the molecule is Clc1ccccc1N1CCN(C2CCCCC2)CC1. The predicted molar refractivity (Wildman–Crippen MR) is 82.1 cm³/mol. The second-order valence-corrected chi connectivity index (χ2v) is 6.17. The summed E-state index contributed by atoms with van der Waals surface area (Å²) in [6.45, 7) is 4.60. The van der Waals surface area contributed by atoms with E-state index in [2.05, 4.69) is 21.9 Å². The third-order valence-corrected chi connectivity index (χ3v) is 4.92. The number of anilines is 1. The molecule has 3 rings (SSSR count). The van der Waals surface area contributed by atoms with Crippen LogP contribution < -0.4 is 4.90 Å². The van der Waals surface area contributed by atoms with Crippen molar-refractivity contribution in [2.24, 2.45) is 0 Å². The summed E-state index contributed by atoms with van der Waals surface area (Å²) in [4.78, 5) is 5.13. The third kappa shape index (κ3) is 3.06. The van der Waals surface area contributed by atoms with E-state index in [4.69, 9.17) is 11.6 Å². The summed E-state index contributed by atoms with van der Waals surface area (Å²) in [7, 11) is 0. The molecule has 1 aromatic rings. The molecule has 0 radical (unpaired) electrons. The number of para-hydroxylation sites is 1. The van der Waals surface area contributed by atoms with E-state index in [9.17, 15) is 0 Å². The van der Waals surface area contributed by atoms with E-state index in [0.717, 1.165) is 24.2 Å². The maximum Gasteiger partial charge on any atom is 0.0639 e. The summed E-state index contributed by atoms with van der Waals surface area (Å²) in [5, 5.41) is 0.883. The zero-order valence-corrected chi connectivity index (χ0v) is 12.3. The Kier molecular flexibility index (Phi) is 4.29. The molecule has 3 heteroatoms. The van der Waals surface area contributed by atoms with Gasteiger partial charge < -0.3 is 4.90 Å². The number of nitrogens with zero attached hydrogens (tertiary/aromatic N) is 2. The van der Waals surface area contributed by atoms with Crippen LogP contribution in [0.15, 0.2) is 24.3 Å². The first-order valence-corrected chi connectivity index (χ1v) is 7.96. The molecule has 1 saturated carbocycles. The molecule has 0 amide bonds. The van der Waals surface area contributed by atoms with Crippen molar-refractivity contribution < 1.29 is 0 Å². The molecule has 1 saturated heterocycles. The molecule has 0 N–H and O–H groups in total. The fourth-order valence-corrected chi connectivity index (χ4v) is 3.74. The minimum Gasteiger partial charge on any atom is -0.368 e. The zero-order valence-electron chi connectivity index (χ0n) is 11.5. The summed E-state index contributed by atoms with van der Waals surface area (Å²) in [5.41, 5.74) is 1.20. The van der Waals surface area contributed by atoms with Crippen LogP contribution in [-0.2, 0) is 0 Å². The summed E-state index contributed by atoms with van der Waals surface area (Å²) >= 11 is 6.29. The molecule has 1 aliphatic heterocycles. The van der Waals surface area contributed by atoms with E-state index in [1.54, 1.807) is 0 Å². The van der Waals surface area contributed by atoms with Gasteiger partial charge in [0.15, 0.2) is 0 Å². The first kappa shape index (κ1) is 13.3. The molecule has 104 valence electrons. The van der Waals surface area contributed by atoms with Gasteiger partial charge in [0, 0.05) is 32.2 Å². The smallest absolute Gasteiger partial charge is 0.0639 e. The normalized spacial score (nSPS) is 22.7. The third-order valence-electron chi connectivity index (χ3n) is 4.60. The van der Waals surface area contributed by atoms with Gasteiger partial charge in [-0.15, -0.1) is 0 Å². The van der Waals surface area contributed by atoms with Crippen molar-refractivity contribution in [3.05, 3.63) is 29.3 Å². The van der Waals surface area contributed by atoms with Gasteiger partial charge in [-0.1, -0.05) is 43.0 Å². The second-order valence-electron chi connectivity index (χ2n) is 5.77. The van der Waals surface area contributed by atoms with Gasteiger partial charge in [0.2, 0.25) is 0 Å². The van der Waals surface area contributed by atoms with Crippen LogP contribution in [0, 0.1) is 0 Å². The van der Waals surface area contributed by atoms with Gasteiger partial charge >= 0.3 is 0 Å². The molecule has 1 aromatic carbocycles.